The maximum atomic E-state index is 13.6. The molecule has 12 heteroatoms. The van der Waals surface area contributed by atoms with Gasteiger partial charge in [0, 0.05) is 30.2 Å². The average Bonchev–Trinajstić information content (AvgIpc) is 3.15. The first-order valence-corrected chi connectivity index (χ1v) is 8.68. The van der Waals surface area contributed by atoms with E-state index >= 15 is 0 Å². The van der Waals surface area contributed by atoms with Crippen LogP contribution in [0.3, 0.4) is 0 Å². The topological polar surface area (TPSA) is 105 Å². The number of nitrogens with zero attached hydrogens (tertiary/aromatic N) is 6. The fourth-order valence-electron chi connectivity index (χ4n) is 2.85. The Balaban J connectivity index is 1.78. The lowest BCUT2D eigenvalue weighted by atomic mass is 10.2. The molecule has 1 aromatic heterocycles. The number of morpholine rings is 1. The molecule has 0 aliphatic carbocycles. The van der Waals surface area contributed by atoms with E-state index in [0.717, 1.165) is 6.20 Å². The molecular weight excluding hydrogens is 393 g/mol. The first-order chi connectivity index (χ1) is 13.9. The van der Waals surface area contributed by atoms with Gasteiger partial charge in [-0.05, 0) is 17.7 Å². The molecule has 0 unspecified atom stereocenters. The smallest absolute Gasteiger partial charge is 0.434 e. The molecule has 154 valence electrons. The molecule has 1 aromatic carbocycles. The Morgan fingerprint density at radius 1 is 1.28 bits per heavy atom. The highest BCUT2D eigenvalue weighted by Gasteiger charge is 2.41. The van der Waals surface area contributed by atoms with Crippen LogP contribution in [0.25, 0.3) is 16.1 Å². The van der Waals surface area contributed by atoms with Gasteiger partial charge in [-0.3, -0.25) is 4.90 Å². The van der Waals surface area contributed by atoms with Crippen molar-refractivity contribution in [1.82, 2.24) is 14.7 Å². The van der Waals surface area contributed by atoms with Gasteiger partial charge in [-0.1, -0.05) is 17.2 Å². The van der Waals surface area contributed by atoms with Crippen LogP contribution < -0.4 is 0 Å². The number of hydrogen-bond donors (Lipinski definition) is 0. The lowest BCUT2D eigenvalue weighted by Gasteiger charge is -2.26. The highest BCUT2D eigenvalue weighted by atomic mass is 19.4. The summed E-state index contributed by atoms with van der Waals surface area (Å²) in [6.07, 6.45) is -4.00. The lowest BCUT2D eigenvalue weighted by Crippen LogP contribution is -2.38. The highest BCUT2D eigenvalue weighted by Crippen LogP contribution is 2.34. The summed E-state index contributed by atoms with van der Waals surface area (Å²) >= 11 is 0. The van der Waals surface area contributed by atoms with Crippen LogP contribution >= 0.6 is 0 Å². The van der Waals surface area contributed by atoms with Crippen molar-refractivity contribution in [3.05, 3.63) is 52.2 Å². The van der Waals surface area contributed by atoms with E-state index in [0.29, 0.717) is 37.5 Å². The summed E-state index contributed by atoms with van der Waals surface area (Å²) in [5.41, 5.74) is 6.80. The normalized spacial score (nSPS) is 15.0. The zero-order chi connectivity index (χ0) is 20.9. The van der Waals surface area contributed by atoms with Crippen molar-refractivity contribution in [3.63, 3.8) is 0 Å². The van der Waals surface area contributed by atoms with Gasteiger partial charge in [0.1, 0.15) is 12.2 Å². The van der Waals surface area contributed by atoms with Gasteiger partial charge in [-0.15, -0.1) is 0 Å². The Labute approximate surface area is 163 Å². The minimum Gasteiger partial charge on any atom is -0.461 e. The van der Waals surface area contributed by atoms with E-state index in [1.165, 1.54) is 24.3 Å². The van der Waals surface area contributed by atoms with E-state index in [9.17, 15) is 18.0 Å². The number of ether oxygens (including phenoxy) is 2. The number of esters is 1. The van der Waals surface area contributed by atoms with Crippen LogP contribution in [0.1, 0.15) is 16.1 Å². The molecule has 1 aliphatic heterocycles. The Hall–Kier alpha value is -3.08. The Morgan fingerprint density at radius 2 is 1.97 bits per heavy atom. The van der Waals surface area contributed by atoms with Crippen molar-refractivity contribution in [1.29, 1.82) is 0 Å². The van der Waals surface area contributed by atoms with Gasteiger partial charge in [-0.25, -0.2) is 9.48 Å². The first kappa shape index (κ1) is 20.6. The fraction of sp³-hybridized carbons (Fsp3) is 0.412. The molecule has 0 atom stereocenters. The van der Waals surface area contributed by atoms with E-state index in [1.54, 1.807) is 0 Å². The van der Waals surface area contributed by atoms with Crippen molar-refractivity contribution < 1.29 is 27.4 Å². The number of hydrogen-bond acceptors (Lipinski definition) is 6. The van der Waals surface area contributed by atoms with Crippen molar-refractivity contribution >= 4 is 11.7 Å². The summed E-state index contributed by atoms with van der Waals surface area (Å²) in [6.45, 7) is 2.85. The molecule has 0 amide bonds. The summed E-state index contributed by atoms with van der Waals surface area (Å²) in [6, 6.07) is 5.30. The standard InChI is InChI=1S/C17H17F3N6O3/c18-17(19,20)15-14(16(27)29-10-7-25-5-8-28-9-6-25)11-22-26(15)13-3-1-12(2-4-13)23-24-21/h1-4,11H,5-10H2. The minimum absolute atomic E-state index is 0.0395. The predicted octanol–water partition coefficient (Wildman–Crippen LogP) is 3.32. The third-order valence-electron chi connectivity index (χ3n) is 4.26. The summed E-state index contributed by atoms with van der Waals surface area (Å²) < 4.78 is 51.8. The van der Waals surface area contributed by atoms with Crippen LogP contribution in [-0.2, 0) is 15.7 Å². The molecule has 0 saturated carbocycles. The maximum absolute atomic E-state index is 13.6. The van der Waals surface area contributed by atoms with Crippen LogP contribution in [0.2, 0.25) is 0 Å². The molecule has 1 fully saturated rings. The van der Waals surface area contributed by atoms with E-state index < -0.39 is 23.4 Å². The van der Waals surface area contributed by atoms with Gasteiger partial charge in [0.05, 0.1) is 25.1 Å². The second-order valence-electron chi connectivity index (χ2n) is 6.11. The average molecular weight is 410 g/mol. The second-order valence-corrected chi connectivity index (χ2v) is 6.11. The molecule has 0 radical (unpaired) electrons. The van der Waals surface area contributed by atoms with Crippen molar-refractivity contribution in [3.8, 4) is 5.69 Å². The summed E-state index contributed by atoms with van der Waals surface area (Å²) in [5, 5.41) is 7.07. The number of alkyl halides is 3. The molecule has 3 rings (SSSR count). The number of rotatable bonds is 6. The molecule has 29 heavy (non-hydrogen) atoms. The van der Waals surface area contributed by atoms with Crippen molar-refractivity contribution in [2.75, 3.05) is 39.5 Å². The van der Waals surface area contributed by atoms with E-state index in [2.05, 4.69) is 15.1 Å². The van der Waals surface area contributed by atoms with Crippen LogP contribution in [0, 0.1) is 0 Å². The van der Waals surface area contributed by atoms with Crippen molar-refractivity contribution in [2.24, 2.45) is 5.11 Å². The van der Waals surface area contributed by atoms with E-state index in [1.807, 2.05) is 4.90 Å². The molecule has 9 nitrogen and oxygen atoms in total. The van der Waals surface area contributed by atoms with Gasteiger partial charge in [-0.2, -0.15) is 18.3 Å². The Kier molecular flexibility index (Phi) is 6.37. The predicted molar refractivity (Wildman–Crippen MR) is 94.9 cm³/mol. The summed E-state index contributed by atoms with van der Waals surface area (Å²) in [5.74, 6) is -1.09. The van der Waals surface area contributed by atoms with Gasteiger partial charge in [0.2, 0.25) is 0 Å². The van der Waals surface area contributed by atoms with Crippen LogP contribution in [0.4, 0.5) is 18.9 Å². The van der Waals surface area contributed by atoms with Gasteiger partial charge in [0.15, 0.2) is 5.69 Å². The summed E-state index contributed by atoms with van der Waals surface area (Å²) in [7, 11) is 0. The third kappa shape index (κ3) is 5.05. The number of azide groups is 1. The molecule has 2 aromatic rings. The summed E-state index contributed by atoms with van der Waals surface area (Å²) in [4.78, 5) is 16.9. The highest BCUT2D eigenvalue weighted by molar-refractivity contribution is 5.90. The van der Waals surface area contributed by atoms with Crippen LogP contribution in [0.5, 0.6) is 0 Å². The number of carbonyl (C=O) groups excluding carboxylic acids is 1. The largest absolute Gasteiger partial charge is 0.461 e. The van der Waals surface area contributed by atoms with Gasteiger partial charge >= 0.3 is 12.1 Å². The molecule has 2 heterocycles. The second kappa shape index (κ2) is 8.95. The monoisotopic (exact) mass is 410 g/mol. The minimum atomic E-state index is -4.83. The third-order valence-corrected chi connectivity index (χ3v) is 4.26. The Morgan fingerprint density at radius 3 is 2.59 bits per heavy atom. The van der Waals surface area contributed by atoms with Crippen LogP contribution in [0.15, 0.2) is 35.6 Å². The molecule has 0 N–H and O–H groups in total. The van der Waals surface area contributed by atoms with Gasteiger partial charge < -0.3 is 9.47 Å². The number of aromatic nitrogens is 2. The van der Waals surface area contributed by atoms with E-state index in [4.69, 9.17) is 15.0 Å². The Bertz CT molecular complexity index is 900. The first-order valence-electron chi connectivity index (χ1n) is 8.68. The maximum Gasteiger partial charge on any atom is 0.434 e. The van der Waals surface area contributed by atoms with Crippen molar-refractivity contribution in [2.45, 2.75) is 6.18 Å². The number of carbonyl (C=O) groups is 1. The molecule has 1 saturated heterocycles. The quantitative estimate of drug-likeness (QED) is 0.314. The zero-order valence-electron chi connectivity index (χ0n) is 15.2. The molecule has 0 bridgehead atoms. The zero-order valence-corrected chi connectivity index (χ0v) is 15.2. The number of benzene rings is 1. The lowest BCUT2D eigenvalue weighted by molar-refractivity contribution is -0.143. The SMILES string of the molecule is [N-]=[N+]=Nc1ccc(-n2ncc(C(=O)OCCN3CCOCC3)c2C(F)(F)F)cc1. The number of halogens is 3. The molecule has 0 spiro atoms. The molecule has 1 aliphatic rings. The van der Waals surface area contributed by atoms with Gasteiger partial charge in [0.25, 0.3) is 0 Å². The van der Waals surface area contributed by atoms with Crippen LogP contribution in [-0.4, -0.2) is 60.1 Å². The molecular formula is C17H17F3N6O3. The van der Waals surface area contributed by atoms with E-state index in [-0.39, 0.29) is 18.0 Å². The fourth-order valence-corrected chi connectivity index (χ4v) is 2.85.